The van der Waals surface area contributed by atoms with E-state index >= 15 is 0 Å². The highest BCUT2D eigenvalue weighted by molar-refractivity contribution is 7.92. The second kappa shape index (κ2) is 8.18. The van der Waals surface area contributed by atoms with Gasteiger partial charge in [-0.15, -0.1) is 0 Å². The van der Waals surface area contributed by atoms with E-state index in [1.54, 1.807) is 0 Å². The molecule has 1 aliphatic heterocycles. The first-order valence-corrected chi connectivity index (χ1v) is 11.5. The van der Waals surface area contributed by atoms with Crippen molar-refractivity contribution in [2.24, 2.45) is 0 Å². The Labute approximate surface area is 181 Å². The number of nitro benzene ring substituents is 1. The van der Waals surface area contributed by atoms with E-state index < -0.39 is 33.0 Å². The summed E-state index contributed by atoms with van der Waals surface area (Å²) in [6.07, 6.45) is 1.46. The van der Waals surface area contributed by atoms with Crippen molar-refractivity contribution in [3.8, 4) is 5.75 Å². The largest absolute Gasteiger partial charge is 0.487 e. The third kappa shape index (κ3) is 5.32. The molecule has 10 heteroatoms. The maximum Gasteiger partial charge on any atom is 0.271 e. The topological polar surface area (TPSA) is 119 Å². The number of nitrogens with zero attached hydrogens (tertiary/aromatic N) is 2. The third-order valence-electron chi connectivity index (χ3n) is 4.97. The van der Waals surface area contributed by atoms with Gasteiger partial charge in [-0.05, 0) is 32.9 Å². The number of ether oxygens (including phenoxy) is 1. The second-order valence-electron chi connectivity index (χ2n) is 8.27. The van der Waals surface area contributed by atoms with Gasteiger partial charge in [0.05, 0.1) is 22.9 Å². The van der Waals surface area contributed by atoms with E-state index in [2.05, 4.69) is 5.32 Å². The van der Waals surface area contributed by atoms with E-state index in [-0.39, 0.29) is 17.4 Å². The minimum atomic E-state index is -3.86. The van der Waals surface area contributed by atoms with Gasteiger partial charge in [0.25, 0.3) is 5.69 Å². The first kappa shape index (κ1) is 22.5. The van der Waals surface area contributed by atoms with Crippen LogP contribution in [0.25, 0.3) is 0 Å². The Bertz CT molecular complexity index is 1130. The number of sulfonamides is 1. The van der Waals surface area contributed by atoms with Gasteiger partial charge in [-0.3, -0.25) is 19.2 Å². The molecule has 2 aromatic rings. The van der Waals surface area contributed by atoms with Crippen molar-refractivity contribution in [1.29, 1.82) is 0 Å². The number of anilines is 1. The molecule has 0 saturated heterocycles. The standard InChI is InChI=1S/C21H25N3O6S/c1-14-8-9-19-17(10-14)18(12-21(2,3)30-19)22-20(25)13-23(31(4,28)29)15-6-5-7-16(11-15)24(26)27/h5-11,18H,12-13H2,1-4H3,(H,22,25). The van der Waals surface area contributed by atoms with Gasteiger partial charge in [-0.1, -0.05) is 23.8 Å². The Kier molecular flexibility index (Phi) is 5.95. The predicted molar refractivity (Wildman–Crippen MR) is 117 cm³/mol. The van der Waals surface area contributed by atoms with Gasteiger partial charge in [-0.25, -0.2) is 8.42 Å². The molecular formula is C21H25N3O6S. The van der Waals surface area contributed by atoms with Crippen molar-refractivity contribution in [2.45, 2.75) is 38.8 Å². The van der Waals surface area contributed by atoms with E-state index in [1.165, 1.54) is 18.2 Å². The fraction of sp³-hybridized carbons (Fsp3) is 0.381. The summed E-state index contributed by atoms with van der Waals surface area (Å²) in [6.45, 7) is 5.27. The maximum absolute atomic E-state index is 12.9. The van der Waals surface area contributed by atoms with Crippen LogP contribution in [0.2, 0.25) is 0 Å². The Balaban J connectivity index is 1.86. The Morgan fingerprint density at radius 1 is 1.29 bits per heavy atom. The zero-order chi connectivity index (χ0) is 23.0. The van der Waals surface area contributed by atoms with Crippen molar-refractivity contribution in [3.63, 3.8) is 0 Å². The summed E-state index contributed by atoms with van der Waals surface area (Å²) < 4.78 is 31.5. The summed E-state index contributed by atoms with van der Waals surface area (Å²) in [7, 11) is -3.86. The fourth-order valence-electron chi connectivity index (χ4n) is 3.63. The van der Waals surface area contributed by atoms with Crippen LogP contribution in [0.3, 0.4) is 0 Å². The summed E-state index contributed by atoms with van der Waals surface area (Å²) >= 11 is 0. The number of amides is 1. The summed E-state index contributed by atoms with van der Waals surface area (Å²) in [5.74, 6) is 0.151. The number of nitrogens with one attached hydrogen (secondary N) is 1. The normalized spacial score (nSPS) is 17.2. The lowest BCUT2D eigenvalue weighted by Crippen LogP contribution is -2.45. The zero-order valence-corrected chi connectivity index (χ0v) is 18.6. The van der Waals surface area contributed by atoms with Crippen molar-refractivity contribution >= 4 is 27.3 Å². The quantitative estimate of drug-likeness (QED) is 0.537. The predicted octanol–water partition coefficient (Wildman–Crippen LogP) is 3.09. The van der Waals surface area contributed by atoms with E-state index in [4.69, 9.17) is 4.74 Å². The number of fused-ring (bicyclic) bond motifs is 1. The monoisotopic (exact) mass is 447 g/mol. The van der Waals surface area contributed by atoms with Crippen LogP contribution >= 0.6 is 0 Å². The molecule has 0 bridgehead atoms. The molecule has 0 aliphatic carbocycles. The summed E-state index contributed by atoms with van der Waals surface area (Å²) in [5.41, 5.74) is 1.11. The smallest absolute Gasteiger partial charge is 0.271 e. The fourth-order valence-corrected chi connectivity index (χ4v) is 4.48. The molecule has 1 unspecified atom stereocenters. The summed E-state index contributed by atoms with van der Waals surface area (Å²) in [4.78, 5) is 23.3. The summed E-state index contributed by atoms with van der Waals surface area (Å²) in [6, 6.07) is 10.5. The molecule has 1 atom stereocenters. The number of benzene rings is 2. The van der Waals surface area contributed by atoms with Crippen molar-refractivity contribution in [2.75, 3.05) is 17.1 Å². The van der Waals surface area contributed by atoms with Crippen LogP contribution in [0, 0.1) is 17.0 Å². The Hall–Kier alpha value is -3.14. The molecule has 3 rings (SSSR count). The second-order valence-corrected chi connectivity index (χ2v) is 10.2. The molecule has 1 aliphatic rings. The van der Waals surface area contributed by atoms with Crippen LogP contribution in [0.4, 0.5) is 11.4 Å². The highest BCUT2D eigenvalue weighted by Crippen LogP contribution is 2.39. The van der Waals surface area contributed by atoms with E-state index in [9.17, 15) is 23.3 Å². The molecule has 1 amide bonds. The van der Waals surface area contributed by atoms with Crippen LogP contribution in [0.1, 0.15) is 37.4 Å². The number of aryl methyl sites for hydroxylation is 1. The number of carbonyl (C=O) groups excluding carboxylic acids is 1. The molecule has 0 spiro atoms. The highest BCUT2D eigenvalue weighted by Gasteiger charge is 2.35. The molecule has 1 heterocycles. The van der Waals surface area contributed by atoms with Crippen molar-refractivity contribution in [1.82, 2.24) is 5.32 Å². The van der Waals surface area contributed by atoms with E-state index in [0.29, 0.717) is 12.2 Å². The average molecular weight is 448 g/mol. The van der Waals surface area contributed by atoms with Crippen molar-refractivity contribution in [3.05, 3.63) is 63.7 Å². The van der Waals surface area contributed by atoms with Gasteiger partial charge in [0.15, 0.2) is 0 Å². The van der Waals surface area contributed by atoms with E-state index in [0.717, 1.165) is 27.8 Å². The number of carbonyl (C=O) groups is 1. The van der Waals surface area contributed by atoms with Crippen LogP contribution in [0.5, 0.6) is 5.75 Å². The van der Waals surface area contributed by atoms with Crippen LogP contribution in [0.15, 0.2) is 42.5 Å². The van der Waals surface area contributed by atoms with Gasteiger partial charge in [0, 0.05) is 24.1 Å². The molecule has 166 valence electrons. The number of hydrogen-bond acceptors (Lipinski definition) is 6. The van der Waals surface area contributed by atoms with Crippen LogP contribution < -0.4 is 14.4 Å². The molecule has 9 nitrogen and oxygen atoms in total. The van der Waals surface area contributed by atoms with Crippen molar-refractivity contribution < 1.29 is 22.9 Å². The van der Waals surface area contributed by atoms with Gasteiger partial charge >= 0.3 is 0 Å². The molecule has 1 N–H and O–H groups in total. The number of hydrogen-bond donors (Lipinski definition) is 1. The van der Waals surface area contributed by atoms with Gasteiger partial charge in [-0.2, -0.15) is 0 Å². The first-order valence-electron chi connectivity index (χ1n) is 9.67. The number of nitro groups is 1. The van der Waals surface area contributed by atoms with Gasteiger partial charge in [0.2, 0.25) is 15.9 Å². The minimum absolute atomic E-state index is 0.0513. The lowest BCUT2D eigenvalue weighted by atomic mass is 9.89. The molecule has 0 aromatic heterocycles. The minimum Gasteiger partial charge on any atom is -0.487 e. The highest BCUT2D eigenvalue weighted by atomic mass is 32.2. The molecule has 0 saturated carbocycles. The van der Waals surface area contributed by atoms with E-state index in [1.807, 2.05) is 39.0 Å². The van der Waals surface area contributed by atoms with Gasteiger partial charge < -0.3 is 10.1 Å². The SMILES string of the molecule is Cc1ccc2c(c1)C(NC(=O)CN(c1cccc([N+](=O)[O-])c1)S(C)(=O)=O)CC(C)(C)O2. The molecular weight excluding hydrogens is 422 g/mol. The van der Waals surface area contributed by atoms with Gasteiger partial charge in [0.1, 0.15) is 17.9 Å². The Morgan fingerprint density at radius 3 is 2.65 bits per heavy atom. The molecule has 0 radical (unpaired) electrons. The lowest BCUT2D eigenvalue weighted by molar-refractivity contribution is -0.384. The lowest BCUT2D eigenvalue weighted by Gasteiger charge is -2.38. The average Bonchev–Trinajstić information content (AvgIpc) is 2.65. The maximum atomic E-state index is 12.9. The molecule has 31 heavy (non-hydrogen) atoms. The molecule has 0 fully saturated rings. The summed E-state index contributed by atoms with van der Waals surface area (Å²) in [5, 5.41) is 14.0. The molecule has 2 aromatic carbocycles. The zero-order valence-electron chi connectivity index (χ0n) is 17.8. The third-order valence-corrected chi connectivity index (χ3v) is 6.11. The van der Waals surface area contributed by atoms with Crippen LogP contribution in [-0.2, 0) is 14.8 Å². The first-order chi connectivity index (χ1) is 14.4. The number of non-ortho nitro benzene ring substituents is 1. The Morgan fingerprint density at radius 2 is 2.00 bits per heavy atom. The van der Waals surface area contributed by atoms with Crippen LogP contribution in [-0.4, -0.2) is 37.6 Å². The number of rotatable bonds is 6.